The number of nitrogens with zero attached hydrogens (tertiary/aromatic N) is 2. The van der Waals surface area contributed by atoms with Gasteiger partial charge in [-0.05, 0) is 45.8 Å². The number of carbonyl (C=O) groups is 2. The summed E-state index contributed by atoms with van der Waals surface area (Å²) in [6.45, 7) is 2.12. The van der Waals surface area contributed by atoms with E-state index in [2.05, 4.69) is 11.9 Å². The number of aliphatic carboxylic acids is 1. The molecule has 2 fully saturated rings. The van der Waals surface area contributed by atoms with Crippen LogP contribution in [-0.4, -0.2) is 71.2 Å². The van der Waals surface area contributed by atoms with Crippen molar-refractivity contribution >= 4 is 11.9 Å². The Hall–Kier alpha value is -1.14. The molecule has 2 rings (SSSR count). The number of aliphatic hydroxyl groups is 1. The van der Waals surface area contributed by atoms with Crippen molar-refractivity contribution in [3.8, 4) is 0 Å². The van der Waals surface area contributed by atoms with E-state index in [-0.39, 0.29) is 18.6 Å². The smallest absolute Gasteiger partial charge is 0.307 e. The molecular formula is C15H26N2O4. The fraction of sp³-hybridized carbons (Fsp3) is 0.867. The summed E-state index contributed by atoms with van der Waals surface area (Å²) in [5, 5.41) is 18.5. The number of carboxylic acids is 1. The molecule has 6 nitrogen and oxygen atoms in total. The van der Waals surface area contributed by atoms with E-state index >= 15 is 0 Å². The molecule has 0 radical (unpaired) electrons. The number of hydrogen-bond donors (Lipinski definition) is 2. The van der Waals surface area contributed by atoms with Crippen LogP contribution in [0.15, 0.2) is 0 Å². The topological polar surface area (TPSA) is 81.1 Å². The van der Waals surface area contributed by atoms with E-state index in [1.807, 2.05) is 0 Å². The maximum Gasteiger partial charge on any atom is 0.307 e. The number of likely N-dealkylation sites (tertiary alicyclic amines) is 1. The van der Waals surface area contributed by atoms with Crippen LogP contribution in [0.4, 0.5) is 0 Å². The van der Waals surface area contributed by atoms with E-state index in [1.165, 1.54) is 0 Å². The largest absolute Gasteiger partial charge is 0.481 e. The van der Waals surface area contributed by atoms with Crippen molar-refractivity contribution in [3.63, 3.8) is 0 Å². The van der Waals surface area contributed by atoms with Gasteiger partial charge in [0.2, 0.25) is 5.91 Å². The molecule has 0 aromatic heterocycles. The standard InChI is InChI=1S/C15H26N2O4/c1-16-7-5-11(6-8-16)17(9-10-18)14(19)12-3-2-4-13(12)15(20)21/h11-13,18H,2-10H2,1H3,(H,20,21). The third kappa shape index (κ3) is 3.74. The lowest BCUT2D eigenvalue weighted by Crippen LogP contribution is -2.50. The molecule has 0 spiro atoms. The van der Waals surface area contributed by atoms with Gasteiger partial charge in [0, 0.05) is 12.6 Å². The summed E-state index contributed by atoms with van der Waals surface area (Å²) in [6.07, 6.45) is 3.84. The summed E-state index contributed by atoms with van der Waals surface area (Å²) in [7, 11) is 2.06. The highest BCUT2D eigenvalue weighted by Crippen LogP contribution is 2.34. The maximum absolute atomic E-state index is 12.8. The molecule has 1 aliphatic heterocycles. The van der Waals surface area contributed by atoms with E-state index in [1.54, 1.807) is 4.90 Å². The van der Waals surface area contributed by atoms with E-state index in [0.29, 0.717) is 19.4 Å². The summed E-state index contributed by atoms with van der Waals surface area (Å²) < 4.78 is 0. The Morgan fingerprint density at radius 3 is 2.33 bits per heavy atom. The van der Waals surface area contributed by atoms with Crippen LogP contribution >= 0.6 is 0 Å². The van der Waals surface area contributed by atoms with Crippen molar-refractivity contribution < 1.29 is 19.8 Å². The Kier molecular flexibility index (Phi) is 5.58. The first kappa shape index (κ1) is 16.2. The minimum absolute atomic E-state index is 0.0662. The zero-order valence-electron chi connectivity index (χ0n) is 12.7. The fourth-order valence-electron chi connectivity index (χ4n) is 3.65. The highest BCUT2D eigenvalue weighted by molar-refractivity contribution is 5.85. The van der Waals surface area contributed by atoms with Gasteiger partial charge in [0.1, 0.15) is 0 Å². The van der Waals surface area contributed by atoms with Gasteiger partial charge in [-0.2, -0.15) is 0 Å². The van der Waals surface area contributed by atoms with Crippen LogP contribution in [0.2, 0.25) is 0 Å². The fourth-order valence-corrected chi connectivity index (χ4v) is 3.65. The normalized spacial score (nSPS) is 27.7. The molecule has 1 saturated heterocycles. The van der Waals surface area contributed by atoms with Crippen molar-refractivity contribution in [2.24, 2.45) is 11.8 Å². The van der Waals surface area contributed by atoms with E-state index in [9.17, 15) is 19.8 Å². The quantitative estimate of drug-likeness (QED) is 0.768. The molecule has 1 aliphatic carbocycles. The highest BCUT2D eigenvalue weighted by Gasteiger charge is 2.41. The average molecular weight is 298 g/mol. The molecule has 1 amide bonds. The van der Waals surface area contributed by atoms with Gasteiger partial charge in [-0.1, -0.05) is 6.42 Å². The zero-order valence-corrected chi connectivity index (χ0v) is 12.7. The first-order valence-corrected chi connectivity index (χ1v) is 7.87. The molecule has 0 bridgehead atoms. The molecule has 21 heavy (non-hydrogen) atoms. The summed E-state index contributed by atoms with van der Waals surface area (Å²) >= 11 is 0. The second kappa shape index (κ2) is 7.22. The van der Waals surface area contributed by atoms with E-state index in [4.69, 9.17) is 0 Å². The Bertz CT molecular complexity index is 380. The van der Waals surface area contributed by atoms with Crippen LogP contribution in [0.25, 0.3) is 0 Å². The third-order valence-corrected chi connectivity index (χ3v) is 4.90. The van der Waals surface area contributed by atoms with Crippen molar-refractivity contribution in [3.05, 3.63) is 0 Å². The number of aliphatic hydroxyl groups excluding tert-OH is 1. The first-order valence-electron chi connectivity index (χ1n) is 7.87. The number of amides is 1. The van der Waals surface area contributed by atoms with Crippen LogP contribution in [0.5, 0.6) is 0 Å². The summed E-state index contributed by atoms with van der Waals surface area (Å²) in [4.78, 5) is 28.0. The van der Waals surface area contributed by atoms with Crippen molar-refractivity contribution in [2.45, 2.75) is 38.1 Å². The van der Waals surface area contributed by atoms with Gasteiger partial charge in [-0.25, -0.2) is 0 Å². The zero-order chi connectivity index (χ0) is 15.4. The van der Waals surface area contributed by atoms with Gasteiger partial charge in [-0.15, -0.1) is 0 Å². The molecule has 2 aliphatic rings. The average Bonchev–Trinajstić information content (AvgIpc) is 2.95. The Morgan fingerprint density at radius 2 is 1.76 bits per heavy atom. The van der Waals surface area contributed by atoms with Gasteiger partial charge in [0.05, 0.1) is 18.4 Å². The highest BCUT2D eigenvalue weighted by atomic mass is 16.4. The Balaban J connectivity index is 2.06. The number of piperidine rings is 1. The lowest BCUT2D eigenvalue weighted by atomic mass is 9.93. The monoisotopic (exact) mass is 298 g/mol. The van der Waals surface area contributed by atoms with Gasteiger partial charge < -0.3 is 20.0 Å². The predicted octanol–water partition coefficient (Wildman–Crippen LogP) is 0.402. The summed E-state index contributed by atoms with van der Waals surface area (Å²) in [5.41, 5.74) is 0. The van der Waals surface area contributed by atoms with Gasteiger partial charge >= 0.3 is 5.97 Å². The molecule has 6 heteroatoms. The molecule has 1 saturated carbocycles. The van der Waals surface area contributed by atoms with Gasteiger partial charge in [0.15, 0.2) is 0 Å². The van der Waals surface area contributed by atoms with Crippen LogP contribution in [0.3, 0.4) is 0 Å². The number of carbonyl (C=O) groups excluding carboxylic acids is 1. The maximum atomic E-state index is 12.8. The number of rotatable bonds is 5. The van der Waals surface area contributed by atoms with Crippen molar-refractivity contribution in [1.82, 2.24) is 9.80 Å². The van der Waals surface area contributed by atoms with E-state index in [0.717, 1.165) is 32.4 Å². The Morgan fingerprint density at radius 1 is 1.14 bits per heavy atom. The minimum Gasteiger partial charge on any atom is -0.481 e. The first-order chi connectivity index (χ1) is 10.0. The molecule has 2 atom stereocenters. The summed E-state index contributed by atoms with van der Waals surface area (Å²) in [6, 6.07) is 0.135. The van der Waals surface area contributed by atoms with Crippen LogP contribution in [0, 0.1) is 11.8 Å². The van der Waals surface area contributed by atoms with Crippen molar-refractivity contribution in [1.29, 1.82) is 0 Å². The lowest BCUT2D eigenvalue weighted by molar-refractivity contribution is -0.150. The summed E-state index contributed by atoms with van der Waals surface area (Å²) in [5.74, 6) is -1.89. The number of hydrogen-bond acceptors (Lipinski definition) is 4. The second-order valence-corrected chi connectivity index (χ2v) is 6.27. The second-order valence-electron chi connectivity index (χ2n) is 6.27. The Labute approximate surface area is 125 Å². The molecule has 120 valence electrons. The van der Waals surface area contributed by atoms with Gasteiger partial charge in [-0.3, -0.25) is 9.59 Å². The van der Waals surface area contributed by atoms with Crippen LogP contribution in [-0.2, 0) is 9.59 Å². The third-order valence-electron chi connectivity index (χ3n) is 4.90. The predicted molar refractivity (Wildman–Crippen MR) is 77.8 cm³/mol. The van der Waals surface area contributed by atoms with Crippen molar-refractivity contribution in [2.75, 3.05) is 33.3 Å². The minimum atomic E-state index is -0.863. The molecule has 0 aromatic rings. The molecule has 2 N–H and O–H groups in total. The molecule has 1 heterocycles. The molecular weight excluding hydrogens is 272 g/mol. The molecule has 0 aromatic carbocycles. The van der Waals surface area contributed by atoms with Crippen LogP contribution in [0.1, 0.15) is 32.1 Å². The number of carboxylic acid groups (broad SMARTS) is 1. The van der Waals surface area contributed by atoms with Gasteiger partial charge in [0.25, 0.3) is 0 Å². The molecule has 2 unspecified atom stereocenters. The SMILES string of the molecule is CN1CCC(N(CCO)C(=O)C2CCCC2C(=O)O)CC1. The van der Waals surface area contributed by atoms with Crippen LogP contribution < -0.4 is 0 Å². The van der Waals surface area contributed by atoms with E-state index < -0.39 is 17.8 Å². The lowest BCUT2D eigenvalue weighted by Gasteiger charge is -2.38.